The van der Waals surface area contributed by atoms with Crippen molar-refractivity contribution >= 4 is 10.8 Å². The van der Waals surface area contributed by atoms with Gasteiger partial charge in [0.05, 0.1) is 21.3 Å². The van der Waals surface area contributed by atoms with Gasteiger partial charge < -0.3 is 14.2 Å². The summed E-state index contributed by atoms with van der Waals surface area (Å²) in [6.45, 7) is 0. The molecular weight excluding hydrogens is 254 g/mol. The lowest BCUT2D eigenvalue weighted by Crippen LogP contribution is -2.07. The number of hydrogen-bond donors (Lipinski definition) is 0. The molecule has 1 aliphatic rings. The van der Waals surface area contributed by atoms with Crippen molar-refractivity contribution in [2.24, 2.45) is 0 Å². The van der Waals surface area contributed by atoms with Crippen LogP contribution in [0.5, 0.6) is 17.2 Å². The molecule has 0 amide bonds. The van der Waals surface area contributed by atoms with Crippen LogP contribution in [0.2, 0.25) is 0 Å². The number of fused-ring (bicyclic) bond motifs is 3. The van der Waals surface area contributed by atoms with Gasteiger partial charge in [-0.1, -0.05) is 0 Å². The quantitative estimate of drug-likeness (QED) is 0.861. The van der Waals surface area contributed by atoms with Crippen LogP contribution in [0.25, 0.3) is 10.8 Å². The number of benzene rings is 1. The van der Waals surface area contributed by atoms with E-state index in [0.29, 0.717) is 11.5 Å². The third-order valence-electron chi connectivity index (χ3n) is 3.96. The third kappa shape index (κ3) is 1.87. The fourth-order valence-corrected chi connectivity index (χ4v) is 3.04. The molecule has 0 N–H and O–H groups in total. The third-order valence-corrected chi connectivity index (χ3v) is 3.96. The van der Waals surface area contributed by atoms with Crippen molar-refractivity contribution in [1.29, 1.82) is 0 Å². The van der Waals surface area contributed by atoms with Gasteiger partial charge in [0.2, 0.25) is 5.75 Å². The predicted molar refractivity (Wildman–Crippen MR) is 78.0 cm³/mol. The summed E-state index contributed by atoms with van der Waals surface area (Å²) in [5.41, 5.74) is 2.49. The zero-order valence-corrected chi connectivity index (χ0v) is 12.2. The van der Waals surface area contributed by atoms with Gasteiger partial charge in [0.1, 0.15) is 0 Å². The SMILES string of the molecule is COc1cc2cnc3c(c2c(OC)c1OC)CCCC3. The Balaban J connectivity index is 2.38. The first kappa shape index (κ1) is 13.0. The van der Waals surface area contributed by atoms with Gasteiger partial charge in [-0.25, -0.2) is 0 Å². The topological polar surface area (TPSA) is 40.6 Å². The van der Waals surface area contributed by atoms with Crippen LogP contribution in [-0.4, -0.2) is 26.3 Å². The van der Waals surface area contributed by atoms with Gasteiger partial charge in [0.15, 0.2) is 11.5 Å². The molecule has 1 heterocycles. The van der Waals surface area contributed by atoms with Crippen LogP contribution in [0.1, 0.15) is 24.1 Å². The largest absolute Gasteiger partial charge is 0.493 e. The van der Waals surface area contributed by atoms with Crippen LogP contribution < -0.4 is 14.2 Å². The molecule has 20 heavy (non-hydrogen) atoms. The summed E-state index contributed by atoms with van der Waals surface area (Å²) in [4.78, 5) is 4.60. The second-order valence-corrected chi connectivity index (χ2v) is 5.00. The molecule has 0 radical (unpaired) electrons. The zero-order valence-electron chi connectivity index (χ0n) is 12.2. The summed E-state index contributed by atoms with van der Waals surface area (Å²) >= 11 is 0. The van der Waals surface area contributed by atoms with E-state index in [1.165, 1.54) is 24.1 Å². The lowest BCUT2D eigenvalue weighted by Gasteiger charge is -2.21. The first-order chi connectivity index (χ1) is 9.80. The molecule has 0 fully saturated rings. The van der Waals surface area contributed by atoms with Crippen LogP contribution in [0, 0.1) is 0 Å². The molecule has 1 aliphatic carbocycles. The summed E-state index contributed by atoms with van der Waals surface area (Å²) in [5, 5.41) is 2.16. The van der Waals surface area contributed by atoms with Gasteiger partial charge in [-0.05, 0) is 37.3 Å². The number of rotatable bonds is 3. The molecule has 106 valence electrons. The highest BCUT2D eigenvalue weighted by Gasteiger charge is 2.22. The fraction of sp³-hybridized carbons (Fsp3) is 0.438. The number of nitrogens with zero attached hydrogens (tertiary/aromatic N) is 1. The van der Waals surface area contributed by atoms with Crippen molar-refractivity contribution in [3.8, 4) is 17.2 Å². The average molecular weight is 273 g/mol. The molecule has 3 rings (SSSR count). The summed E-state index contributed by atoms with van der Waals surface area (Å²) < 4.78 is 16.5. The van der Waals surface area contributed by atoms with Gasteiger partial charge in [0.25, 0.3) is 0 Å². The average Bonchev–Trinajstić information content (AvgIpc) is 2.52. The van der Waals surface area contributed by atoms with E-state index < -0.39 is 0 Å². The highest BCUT2D eigenvalue weighted by molar-refractivity contribution is 5.95. The first-order valence-corrected chi connectivity index (χ1v) is 6.89. The van der Waals surface area contributed by atoms with Gasteiger partial charge in [-0.2, -0.15) is 0 Å². The van der Waals surface area contributed by atoms with Crippen molar-refractivity contribution < 1.29 is 14.2 Å². The van der Waals surface area contributed by atoms with E-state index in [9.17, 15) is 0 Å². The maximum Gasteiger partial charge on any atom is 0.203 e. The highest BCUT2D eigenvalue weighted by atomic mass is 16.5. The highest BCUT2D eigenvalue weighted by Crippen LogP contribution is 2.45. The Morgan fingerprint density at radius 2 is 1.70 bits per heavy atom. The van der Waals surface area contributed by atoms with Crippen LogP contribution in [0.15, 0.2) is 12.3 Å². The smallest absolute Gasteiger partial charge is 0.203 e. The summed E-state index contributed by atoms with van der Waals surface area (Å²) in [6, 6.07) is 1.97. The number of methoxy groups -OCH3 is 3. The fourth-order valence-electron chi connectivity index (χ4n) is 3.04. The van der Waals surface area contributed by atoms with Crippen molar-refractivity contribution in [2.75, 3.05) is 21.3 Å². The Kier molecular flexibility index (Phi) is 3.38. The maximum atomic E-state index is 5.63. The summed E-state index contributed by atoms with van der Waals surface area (Å²) in [7, 11) is 4.95. The molecule has 0 spiro atoms. The van der Waals surface area contributed by atoms with Crippen molar-refractivity contribution in [2.45, 2.75) is 25.7 Å². The molecule has 0 bridgehead atoms. The van der Waals surface area contributed by atoms with E-state index in [1.807, 2.05) is 12.3 Å². The molecule has 2 aromatic rings. The monoisotopic (exact) mass is 273 g/mol. The maximum absolute atomic E-state index is 5.63. The standard InChI is InChI=1S/C16H19NO3/c1-18-13-8-10-9-17-12-7-5-4-6-11(12)14(10)16(20-3)15(13)19-2/h8-9H,4-7H2,1-3H3. The minimum atomic E-state index is 0.654. The lowest BCUT2D eigenvalue weighted by molar-refractivity contribution is 0.327. The predicted octanol–water partition coefficient (Wildman–Crippen LogP) is 3.14. The molecule has 1 aromatic carbocycles. The molecule has 0 saturated carbocycles. The molecule has 4 nitrogen and oxygen atoms in total. The van der Waals surface area contributed by atoms with Crippen LogP contribution >= 0.6 is 0 Å². The van der Waals surface area contributed by atoms with Crippen molar-refractivity contribution in [3.05, 3.63) is 23.5 Å². The number of ether oxygens (including phenoxy) is 3. The van der Waals surface area contributed by atoms with Gasteiger partial charge in [-0.15, -0.1) is 0 Å². The molecule has 0 unspecified atom stereocenters. The Bertz CT molecular complexity index is 652. The molecule has 0 saturated heterocycles. The van der Waals surface area contributed by atoms with Gasteiger partial charge in [0, 0.05) is 22.7 Å². The molecular formula is C16H19NO3. The molecule has 1 aromatic heterocycles. The minimum Gasteiger partial charge on any atom is -0.493 e. The van der Waals surface area contributed by atoms with E-state index in [4.69, 9.17) is 14.2 Å². The summed E-state index contributed by atoms with van der Waals surface area (Å²) in [5.74, 6) is 2.08. The van der Waals surface area contributed by atoms with Crippen LogP contribution in [0.3, 0.4) is 0 Å². The normalized spacial score (nSPS) is 13.9. The number of pyridine rings is 1. The molecule has 4 heteroatoms. The lowest BCUT2D eigenvalue weighted by atomic mass is 9.91. The Morgan fingerprint density at radius 3 is 2.40 bits per heavy atom. The van der Waals surface area contributed by atoms with E-state index in [2.05, 4.69) is 4.98 Å². The van der Waals surface area contributed by atoms with E-state index in [1.54, 1.807) is 21.3 Å². The van der Waals surface area contributed by atoms with Gasteiger partial charge >= 0.3 is 0 Å². The number of aromatic nitrogens is 1. The summed E-state index contributed by atoms with van der Waals surface area (Å²) in [6.07, 6.45) is 6.41. The Hall–Kier alpha value is -1.97. The Labute approximate surface area is 118 Å². The van der Waals surface area contributed by atoms with Crippen molar-refractivity contribution in [1.82, 2.24) is 4.98 Å². The van der Waals surface area contributed by atoms with Crippen LogP contribution in [-0.2, 0) is 12.8 Å². The first-order valence-electron chi connectivity index (χ1n) is 6.89. The van der Waals surface area contributed by atoms with Crippen molar-refractivity contribution in [3.63, 3.8) is 0 Å². The zero-order chi connectivity index (χ0) is 14.1. The molecule has 0 atom stereocenters. The van der Waals surface area contributed by atoms with E-state index >= 15 is 0 Å². The van der Waals surface area contributed by atoms with Crippen LogP contribution in [0.4, 0.5) is 0 Å². The Morgan fingerprint density at radius 1 is 0.950 bits per heavy atom. The minimum absolute atomic E-state index is 0.654. The second kappa shape index (κ2) is 5.19. The second-order valence-electron chi connectivity index (χ2n) is 5.00. The molecule has 0 aliphatic heterocycles. The van der Waals surface area contributed by atoms with E-state index in [0.717, 1.165) is 29.4 Å². The van der Waals surface area contributed by atoms with Gasteiger partial charge in [-0.3, -0.25) is 4.98 Å². The van der Waals surface area contributed by atoms with E-state index in [-0.39, 0.29) is 0 Å². The number of aryl methyl sites for hydroxylation is 2. The number of hydrogen-bond acceptors (Lipinski definition) is 4.